The van der Waals surface area contributed by atoms with Crippen molar-refractivity contribution in [2.24, 2.45) is 5.92 Å². The van der Waals surface area contributed by atoms with Crippen molar-refractivity contribution in [2.45, 2.75) is 19.8 Å². The van der Waals surface area contributed by atoms with Crippen LogP contribution in [0.2, 0.25) is 5.02 Å². The van der Waals surface area contributed by atoms with Gasteiger partial charge >= 0.3 is 0 Å². The van der Waals surface area contributed by atoms with Crippen LogP contribution >= 0.6 is 11.6 Å². The van der Waals surface area contributed by atoms with Crippen LogP contribution < -0.4 is 10.2 Å². The molecule has 2 aromatic rings. The van der Waals surface area contributed by atoms with Crippen molar-refractivity contribution in [1.82, 2.24) is 0 Å². The van der Waals surface area contributed by atoms with E-state index in [0.717, 1.165) is 32.0 Å². The molecule has 0 aromatic heterocycles. The lowest BCUT2D eigenvalue weighted by molar-refractivity contribution is -0.384. The van der Waals surface area contributed by atoms with E-state index in [9.17, 15) is 19.3 Å². The van der Waals surface area contributed by atoms with E-state index in [2.05, 4.69) is 12.2 Å². The fourth-order valence-electron chi connectivity index (χ4n) is 3.27. The van der Waals surface area contributed by atoms with Crippen LogP contribution in [-0.2, 0) is 0 Å². The number of rotatable bonds is 4. The molecule has 0 aliphatic carbocycles. The van der Waals surface area contributed by atoms with Crippen LogP contribution in [0.15, 0.2) is 36.4 Å². The Balaban J connectivity index is 1.86. The standard InChI is InChI=1S/C19H19ClFN3O3/c1-12-3-2-8-23(11-12)17-7-4-13(9-18(17)24(26)27)19(25)22-16-6-5-14(20)10-15(16)21/h4-7,9-10,12H,2-3,8,11H2,1H3,(H,22,25). The minimum atomic E-state index is -0.677. The molecule has 1 N–H and O–H groups in total. The molecule has 27 heavy (non-hydrogen) atoms. The second-order valence-electron chi connectivity index (χ2n) is 6.73. The second kappa shape index (κ2) is 7.92. The first-order chi connectivity index (χ1) is 12.8. The molecule has 1 unspecified atom stereocenters. The zero-order valence-electron chi connectivity index (χ0n) is 14.7. The third-order valence-electron chi connectivity index (χ3n) is 4.61. The van der Waals surface area contributed by atoms with E-state index in [1.165, 1.54) is 24.3 Å². The van der Waals surface area contributed by atoms with Gasteiger partial charge in [0.25, 0.3) is 11.6 Å². The summed E-state index contributed by atoms with van der Waals surface area (Å²) in [4.78, 5) is 25.4. The van der Waals surface area contributed by atoms with Gasteiger partial charge in [-0.05, 0) is 49.1 Å². The van der Waals surface area contributed by atoms with Crippen molar-refractivity contribution in [3.63, 3.8) is 0 Å². The third kappa shape index (κ3) is 4.36. The lowest BCUT2D eigenvalue weighted by Gasteiger charge is -2.32. The highest BCUT2D eigenvalue weighted by atomic mass is 35.5. The van der Waals surface area contributed by atoms with Crippen LogP contribution in [-0.4, -0.2) is 23.9 Å². The summed E-state index contributed by atoms with van der Waals surface area (Å²) < 4.78 is 13.9. The van der Waals surface area contributed by atoms with E-state index >= 15 is 0 Å². The summed E-state index contributed by atoms with van der Waals surface area (Å²) in [5, 5.41) is 14.2. The Morgan fingerprint density at radius 2 is 2.11 bits per heavy atom. The third-order valence-corrected chi connectivity index (χ3v) is 4.85. The Labute approximate surface area is 161 Å². The number of nitrogens with one attached hydrogen (secondary N) is 1. The Morgan fingerprint density at radius 1 is 1.33 bits per heavy atom. The molecule has 1 atom stereocenters. The van der Waals surface area contributed by atoms with E-state index < -0.39 is 16.6 Å². The molecule has 0 bridgehead atoms. The minimum Gasteiger partial charge on any atom is -0.366 e. The molecule has 0 spiro atoms. The Bertz CT molecular complexity index is 890. The number of nitro benzene ring substituents is 1. The number of hydrogen-bond acceptors (Lipinski definition) is 4. The van der Waals surface area contributed by atoms with E-state index in [1.807, 2.05) is 4.90 Å². The molecular weight excluding hydrogens is 373 g/mol. The van der Waals surface area contributed by atoms with Gasteiger partial charge in [-0.1, -0.05) is 18.5 Å². The number of hydrogen-bond donors (Lipinski definition) is 1. The van der Waals surface area contributed by atoms with Gasteiger partial charge in [-0.25, -0.2) is 4.39 Å². The van der Waals surface area contributed by atoms with Gasteiger partial charge in [0.05, 0.1) is 10.6 Å². The first-order valence-electron chi connectivity index (χ1n) is 8.65. The molecule has 0 radical (unpaired) electrons. The van der Waals surface area contributed by atoms with Crippen LogP contribution in [0.4, 0.5) is 21.5 Å². The van der Waals surface area contributed by atoms with Crippen LogP contribution in [0.1, 0.15) is 30.1 Å². The predicted octanol–water partition coefficient (Wildman–Crippen LogP) is 4.88. The van der Waals surface area contributed by atoms with Crippen molar-refractivity contribution in [2.75, 3.05) is 23.3 Å². The minimum absolute atomic E-state index is 0.0408. The number of carbonyl (C=O) groups is 1. The Morgan fingerprint density at radius 3 is 2.78 bits per heavy atom. The van der Waals surface area contributed by atoms with Crippen molar-refractivity contribution >= 4 is 34.6 Å². The van der Waals surface area contributed by atoms with Crippen molar-refractivity contribution in [3.8, 4) is 0 Å². The first kappa shape index (κ1) is 19.1. The lowest BCUT2D eigenvalue weighted by Crippen LogP contribution is -2.34. The second-order valence-corrected chi connectivity index (χ2v) is 7.17. The first-order valence-corrected chi connectivity index (χ1v) is 9.02. The summed E-state index contributed by atoms with van der Waals surface area (Å²) in [7, 11) is 0. The smallest absolute Gasteiger partial charge is 0.293 e. The predicted molar refractivity (Wildman–Crippen MR) is 103 cm³/mol. The van der Waals surface area contributed by atoms with Crippen molar-refractivity contribution in [3.05, 3.63) is 62.9 Å². The molecule has 1 amide bonds. The van der Waals surface area contributed by atoms with Crippen molar-refractivity contribution in [1.29, 1.82) is 0 Å². The molecule has 142 valence electrons. The monoisotopic (exact) mass is 391 g/mol. The number of carbonyl (C=O) groups excluding carboxylic acids is 1. The highest BCUT2D eigenvalue weighted by Crippen LogP contribution is 2.32. The molecule has 1 aliphatic heterocycles. The van der Waals surface area contributed by atoms with Gasteiger partial charge in [-0.15, -0.1) is 0 Å². The highest BCUT2D eigenvalue weighted by Gasteiger charge is 2.25. The van der Waals surface area contributed by atoms with E-state index in [-0.39, 0.29) is 22.0 Å². The molecule has 1 aliphatic rings. The maximum absolute atomic E-state index is 13.9. The maximum Gasteiger partial charge on any atom is 0.293 e. The number of amides is 1. The highest BCUT2D eigenvalue weighted by molar-refractivity contribution is 6.30. The van der Waals surface area contributed by atoms with Gasteiger partial charge in [0, 0.05) is 29.7 Å². The summed E-state index contributed by atoms with van der Waals surface area (Å²) >= 11 is 5.70. The van der Waals surface area contributed by atoms with Gasteiger partial charge in [0.2, 0.25) is 0 Å². The lowest BCUT2D eigenvalue weighted by atomic mass is 9.99. The molecule has 8 heteroatoms. The number of piperidine rings is 1. The Hall–Kier alpha value is -2.67. The fourth-order valence-corrected chi connectivity index (χ4v) is 3.43. The summed E-state index contributed by atoms with van der Waals surface area (Å²) in [6, 6.07) is 8.21. The number of nitrogens with zero attached hydrogens (tertiary/aromatic N) is 2. The molecule has 6 nitrogen and oxygen atoms in total. The maximum atomic E-state index is 13.9. The quantitative estimate of drug-likeness (QED) is 0.595. The average molecular weight is 392 g/mol. The SMILES string of the molecule is CC1CCCN(c2ccc(C(=O)Nc3ccc(Cl)cc3F)cc2[N+](=O)[O-])C1. The number of anilines is 2. The normalized spacial score (nSPS) is 16.9. The van der Waals surface area contributed by atoms with Gasteiger partial charge in [0.1, 0.15) is 11.5 Å². The van der Waals surface area contributed by atoms with Crippen molar-refractivity contribution < 1.29 is 14.1 Å². The molecule has 1 saturated heterocycles. The van der Waals surface area contributed by atoms with Crippen LogP contribution in [0, 0.1) is 21.8 Å². The molecule has 0 saturated carbocycles. The van der Waals surface area contributed by atoms with Crippen LogP contribution in [0.5, 0.6) is 0 Å². The van der Waals surface area contributed by atoms with Gasteiger partial charge in [-0.2, -0.15) is 0 Å². The topological polar surface area (TPSA) is 75.5 Å². The van der Waals surface area contributed by atoms with E-state index in [1.54, 1.807) is 6.07 Å². The van der Waals surface area contributed by atoms with Crippen LogP contribution in [0.25, 0.3) is 0 Å². The summed E-state index contributed by atoms with van der Waals surface area (Å²) in [6.07, 6.45) is 2.06. The largest absolute Gasteiger partial charge is 0.366 e. The summed E-state index contributed by atoms with van der Waals surface area (Å²) in [6.45, 7) is 3.59. The average Bonchev–Trinajstić information content (AvgIpc) is 2.63. The summed E-state index contributed by atoms with van der Waals surface area (Å²) in [5.41, 5.74) is 0.417. The van der Waals surface area contributed by atoms with Gasteiger partial charge in [0.15, 0.2) is 0 Å². The fraction of sp³-hybridized carbons (Fsp3) is 0.316. The number of nitro groups is 1. The molecule has 1 heterocycles. The zero-order chi connectivity index (χ0) is 19.6. The molecule has 1 fully saturated rings. The zero-order valence-corrected chi connectivity index (χ0v) is 15.5. The van der Waals surface area contributed by atoms with Gasteiger partial charge in [-0.3, -0.25) is 14.9 Å². The van der Waals surface area contributed by atoms with Crippen LogP contribution in [0.3, 0.4) is 0 Å². The Kier molecular flexibility index (Phi) is 5.60. The number of benzene rings is 2. The van der Waals surface area contributed by atoms with Gasteiger partial charge < -0.3 is 10.2 Å². The molecule has 2 aromatic carbocycles. The van der Waals surface area contributed by atoms with E-state index in [4.69, 9.17) is 11.6 Å². The molecule has 3 rings (SSSR count). The van der Waals surface area contributed by atoms with E-state index in [0.29, 0.717) is 11.6 Å². The number of halogens is 2. The summed E-state index contributed by atoms with van der Waals surface area (Å²) in [5.74, 6) is -0.851. The molecular formula is C19H19ClFN3O3.